The lowest BCUT2D eigenvalue weighted by Gasteiger charge is -2.20. The van der Waals surface area contributed by atoms with Gasteiger partial charge in [0.05, 0.1) is 23.7 Å². The van der Waals surface area contributed by atoms with Gasteiger partial charge < -0.3 is 19.8 Å². The number of nitrogens with zero attached hydrogens (tertiary/aromatic N) is 1. The molecule has 3 aromatic carbocycles. The Balaban J connectivity index is 1.37. The number of carbonyl (C=O) groups excluding carboxylic acids is 1. The number of hydrogen-bond donors (Lipinski definition) is 2. The smallest absolute Gasteiger partial charge is 0.319 e. The predicted molar refractivity (Wildman–Crippen MR) is 127 cm³/mol. The molecule has 0 saturated carbocycles. The van der Waals surface area contributed by atoms with Crippen molar-refractivity contribution < 1.29 is 18.3 Å². The number of benzene rings is 3. The largest absolute Gasteiger partial charge is 0.456 e. The molecule has 2 N–H and O–H groups in total. The van der Waals surface area contributed by atoms with Gasteiger partial charge in [0.2, 0.25) is 0 Å². The highest BCUT2D eigenvalue weighted by molar-refractivity contribution is 6.13. The van der Waals surface area contributed by atoms with Crippen LogP contribution in [-0.4, -0.2) is 50.3 Å². The molecule has 5 rings (SSSR count). The number of fused-ring (bicyclic) bond motifs is 3. The zero-order chi connectivity index (χ0) is 22.8. The number of methoxy groups -OCH3 is 1. The summed E-state index contributed by atoms with van der Waals surface area (Å²) in [6.45, 7) is 3.06. The monoisotopic (exact) mass is 447 g/mol. The van der Waals surface area contributed by atoms with E-state index in [2.05, 4.69) is 27.7 Å². The zero-order valence-corrected chi connectivity index (χ0v) is 18.4. The van der Waals surface area contributed by atoms with Crippen LogP contribution in [0.4, 0.5) is 14.9 Å². The molecular weight excluding hydrogens is 421 g/mol. The first-order valence-corrected chi connectivity index (χ1v) is 11.1. The topological polar surface area (TPSA) is 66.7 Å². The highest BCUT2D eigenvalue weighted by Gasteiger charge is 2.34. The van der Waals surface area contributed by atoms with Gasteiger partial charge >= 0.3 is 6.03 Å². The SMILES string of the molecule is COCCN1C[C@@H](NC(=O)Nc2cccc3oc4cc(F)ccc4c23)[C@H](c2ccccc2)C1. The molecule has 0 unspecified atom stereocenters. The number of urea groups is 1. The van der Waals surface area contributed by atoms with E-state index in [0.29, 0.717) is 23.5 Å². The molecule has 2 atom stereocenters. The van der Waals surface area contributed by atoms with E-state index in [1.807, 2.05) is 36.4 Å². The zero-order valence-electron chi connectivity index (χ0n) is 18.4. The van der Waals surface area contributed by atoms with Crippen LogP contribution >= 0.6 is 0 Å². The summed E-state index contributed by atoms with van der Waals surface area (Å²) in [7, 11) is 1.70. The van der Waals surface area contributed by atoms with Crippen LogP contribution in [0.1, 0.15) is 11.5 Å². The molecule has 1 aliphatic heterocycles. The summed E-state index contributed by atoms with van der Waals surface area (Å²) in [6.07, 6.45) is 0. The number of ether oxygens (including phenoxy) is 1. The number of furan rings is 1. The first kappa shape index (κ1) is 21.4. The Bertz CT molecular complexity index is 1270. The number of amides is 2. The molecule has 0 bridgehead atoms. The van der Waals surface area contributed by atoms with Crippen molar-refractivity contribution in [1.82, 2.24) is 10.2 Å². The third kappa shape index (κ3) is 4.42. The van der Waals surface area contributed by atoms with Gasteiger partial charge in [-0.25, -0.2) is 9.18 Å². The van der Waals surface area contributed by atoms with Crippen LogP contribution in [0, 0.1) is 5.82 Å². The van der Waals surface area contributed by atoms with Crippen molar-refractivity contribution >= 4 is 33.7 Å². The van der Waals surface area contributed by atoms with Crippen molar-refractivity contribution in [3.05, 3.63) is 78.1 Å². The molecule has 33 heavy (non-hydrogen) atoms. The van der Waals surface area contributed by atoms with Crippen LogP contribution in [0.25, 0.3) is 21.9 Å². The van der Waals surface area contributed by atoms with Crippen molar-refractivity contribution in [1.29, 1.82) is 0 Å². The van der Waals surface area contributed by atoms with Crippen molar-refractivity contribution in [3.63, 3.8) is 0 Å². The van der Waals surface area contributed by atoms with Gasteiger partial charge in [0.15, 0.2) is 0 Å². The lowest BCUT2D eigenvalue weighted by atomic mass is 9.94. The average Bonchev–Trinajstić information content (AvgIpc) is 3.39. The lowest BCUT2D eigenvalue weighted by molar-refractivity contribution is 0.159. The molecule has 2 heterocycles. The maximum atomic E-state index is 13.6. The molecular formula is C26H26FN3O3. The standard InChI is InChI=1S/C26H26FN3O3/c1-32-13-12-30-15-20(17-6-3-2-4-7-17)22(16-30)29-26(31)28-21-8-5-9-23-25(21)19-11-10-18(27)14-24(19)33-23/h2-11,14,20,22H,12-13,15-16H2,1H3,(H2,28,29,31)/t20-,22+/m0/s1. The number of hydrogen-bond acceptors (Lipinski definition) is 4. The molecule has 1 aliphatic rings. The van der Waals surface area contributed by atoms with Crippen LogP contribution in [0.2, 0.25) is 0 Å². The van der Waals surface area contributed by atoms with Crippen molar-refractivity contribution in [3.8, 4) is 0 Å². The lowest BCUT2D eigenvalue weighted by Crippen LogP contribution is -2.42. The van der Waals surface area contributed by atoms with E-state index in [-0.39, 0.29) is 23.8 Å². The Kier molecular flexibility index (Phi) is 5.98. The van der Waals surface area contributed by atoms with Gasteiger partial charge in [-0.1, -0.05) is 36.4 Å². The Labute approximate surface area is 191 Å². The summed E-state index contributed by atoms with van der Waals surface area (Å²) in [5.74, 6) is -0.178. The minimum Gasteiger partial charge on any atom is -0.456 e. The van der Waals surface area contributed by atoms with E-state index in [1.165, 1.54) is 17.7 Å². The summed E-state index contributed by atoms with van der Waals surface area (Å²) < 4.78 is 24.7. The second kappa shape index (κ2) is 9.21. The van der Waals surface area contributed by atoms with E-state index in [0.717, 1.165) is 30.4 Å². The van der Waals surface area contributed by atoms with Gasteiger partial charge in [0, 0.05) is 44.1 Å². The molecule has 1 aromatic heterocycles. The van der Waals surface area contributed by atoms with Gasteiger partial charge in [-0.3, -0.25) is 4.90 Å². The van der Waals surface area contributed by atoms with Crippen LogP contribution in [0.15, 0.2) is 71.1 Å². The molecule has 0 spiro atoms. The maximum absolute atomic E-state index is 13.6. The number of likely N-dealkylation sites (tertiary alicyclic amines) is 1. The minimum atomic E-state index is -0.361. The van der Waals surface area contributed by atoms with Gasteiger partial charge in [0.25, 0.3) is 0 Å². The molecule has 6 nitrogen and oxygen atoms in total. The van der Waals surface area contributed by atoms with E-state index in [9.17, 15) is 9.18 Å². The van der Waals surface area contributed by atoms with Gasteiger partial charge in [-0.2, -0.15) is 0 Å². The quantitative estimate of drug-likeness (QED) is 0.438. The van der Waals surface area contributed by atoms with Crippen molar-refractivity contribution in [2.24, 2.45) is 0 Å². The fraction of sp³-hybridized carbons (Fsp3) is 0.269. The second-order valence-electron chi connectivity index (χ2n) is 8.40. The fourth-order valence-corrected chi connectivity index (χ4v) is 4.70. The highest BCUT2D eigenvalue weighted by Crippen LogP contribution is 2.34. The number of halogens is 1. The van der Waals surface area contributed by atoms with E-state index >= 15 is 0 Å². The minimum absolute atomic E-state index is 0.0429. The molecule has 4 aromatic rings. The molecule has 170 valence electrons. The summed E-state index contributed by atoms with van der Waals surface area (Å²) >= 11 is 0. The number of anilines is 1. The summed E-state index contributed by atoms with van der Waals surface area (Å²) in [6, 6.07) is 19.8. The Morgan fingerprint density at radius 1 is 1.09 bits per heavy atom. The highest BCUT2D eigenvalue weighted by atomic mass is 19.1. The van der Waals surface area contributed by atoms with E-state index < -0.39 is 0 Å². The summed E-state index contributed by atoms with van der Waals surface area (Å²) in [5.41, 5.74) is 2.88. The normalized spacial score (nSPS) is 18.7. The molecule has 1 fully saturated rings. The molecule has 7 heteroatoms. The Morgan fingerprint density at radius 3 is 2.76 bits per heavy atom. The summed E-state index contributed by atoms with van der Waals surface area (Å²) in [4.78, 5) is 15.4. The van der Waals surface area contributed by atoms with Gasteiger partial charge in [0.1, 0.15) is 17.0 Å². The Hall–Kier alpha value is -3.42. The second-order valence-corrected chi connectivity index (χ2v) is 8.40. The number of rotatable bonds is 6. The fourth-order valence-electron chi connectivity index (χ4n) is 4.70. The third-order valence-electron chi connectivity index (χ3n) is 6.26. The summed E-state index contributed by atoms with van der Waals surface area (Å²) in [5, 5.41) is 7.68. The first-order chi connectivity index (χ1) is 16.1. The van der Waals surface area contributed by atoms with Crippen LogP contribution in [-0.2, 0) is 4.74 Å². The molecule has 0 radical (unpaired) electrons. The number of carbonyl (C=O) groups is 1. The van der Waals surface area contributed by atoms with Crippen molar-refractivity contribution in [2.75, 3.05) is 38.7 Å². The van der Waals surface area contributed by atoms with Crippen LogP contribution < -0.4 is 10.6 Å². The van der Waals surface area contributed by atoms with Crippen LogP contribution in [0.5, 0.6) is 0 Å². The number of nitrogens with one attached hydrogen (secondary N) is 2. The maximum Gasteiger partial charge on any atom is 0.319 e. The Morgan fingerprint density at radius 2 is 1.94 bits per heavy atom. The van der Waals surface area contributed by atoms with Crippen LogP contribution in [0.3, 0.4) is 0 Å². The first-order valence-electron chi connectivity index (χ1n) is 11.1. The third-order valence-corrected chi connectivity index (χ3v) is 6.26. The average molecular weight is 448 g/mol. The van der Waals surface area contributed by atoms with Crippen molar-refractivity contribution in [2.45, 2.75) is 12.0 Å². The predicted octanol–water partition coefficient (Wildman–Crippen LogP) is 4.96. The molecule has 0 aliphatic carbocycles. The van der Waals surface area contributed by atoms with E-state index in [1.54, 1.807) is 13.2 Å². The van der Waals surface area contributed by atoms with Gasteiger partial charge in [-0.15, -0.1) is 0 Å². The van der Waals surface area contributed by atoms with Gasteiger partial charge in [-0.05, 0) is 29.8 Å². The molecule has 2 amide bonds. The van der Waals surface area contributed by atoms with E-state index in [4.69, 9.17) is 9.15 Å². The molecule has 1 saturated heterocycles.